The Morgan fingerprint density at radius 3 is 2.86 bits per heavy atom. The van der Waals surface area contributed by atoms with E-state index in [0.29, 0.717) is 19.0 Å². The standard InChI is InChI=1S/C18H16N6O3S/c25-18(26)23-7-5-11(6-8-23)12-9-28-16-15(12)19-10-20-17(16)27-24-14-4-2-1-3-13(14)21-22-24/h1-4,9-11H,5-8H2,(H,25,26). The van der Waals surface area contributed by atoms with Crippen LogP contribution in [-0.2, 0) is 0 Å². The normalized spacial score (nSPS) is 15.4. The van der Waals surface area contributed by atoms with Crippen LogP contribution in [0.4, 0.5) is 4.79 Å². The molecular weight excluding hydrogens is 380 g/mol. The second-order valence-corrected chi connectivity index (χ2v) is 7.51. The lowest BCUT2D eigenvalue weighted by Gasteiger charge is -2.29. The topological polar surface area (TPSA) is 106 Å². The molecule has 1 aliphatic heterocycles. The third-order valence-electron chi connectivity index (χ3n) is 5.05. The molecular formula is C18H16N6O3S. The molecule has 9 nitrogen and oxygen atoms in total. The van der Waals surface area contributed by atoms with Gasteiger partial charge in [-0.3, -0.25) is 0 Å². The van der Waals surface area contributed by atoms with E-state index in [4.69, 9.17) is 9.94 Å². The molecule has 4 heterocycles. The lowest BCUT2D eigenvalue weighted by Crippen LogP contribution is -2.36. The summed E-state index contributed by atoms with van der Waals surface area (Å²) >= 11 is 1.53. The fourth-order valence-electron chi connectivity index (χ4n) is 3.58. The van der Waals surface area contributed by atoms with Gasteiger partial charge in [-0.15, -0.1) is 16.4 Å². The van der Waals surface area contributed by atoms with Gasteiger partial charge in [-0.05, 0) is 47.0 Å². The van der Waals surface area contributed by atoms with Crippen LogP contribution in [0.1, 0.15) is 24.3 Å². The number of carbonyl (C=O) groups is 1. The number of thiophene rings is 1. The van der Waals surface area contributed by atoms with Gasteiger partial charge in [-0.1, -0.05) is 17.0 Å². The number of amides is 1. The lowest BCUT2D eigenvalue weighted by atomic mass is 9.91. The van der Waals surface area contributed by atoms with Gasteiger partial charge in [0.15, 0.2) is 0 Å². The second-order valence-electron chi connectivity index (χ2n) is 6.63. The Kier molecular flexibility index (Phi) is 4.05. The molecule has 1 aromatic carbocycles. The molecule has 142 valence electrons. The van der Waals surface area contributed by atoms with E-state index in [1.165, 1.54) is 27.4 Å². The summed E-state index contributed by atoms with van der Waals surface area (Å²) in [7, 11) is 0. The smallest absolute Gasteiger partial charge is 0.407 e. The Morgan fingerprint density at radius 1 is 1.21 bits per heavy atom. The van der Waals surface area contributed by atoms with Crippen molar-refractivity contribution in [2.45, 2.75) is 18.8 Å². The highest BCUT2D eigenvalue weighted by molar-refractivity contribution is 7.17. The number of aromatic nitrogens is 5. The van der Waals surface area contributed by atoms with Gasteiger partial charge < -0.3 is 14.8 Å². The summed E-state index contributed by atoms with van der Waals surface area (Å²) in [4.78, 5) is 28.6. The largest absolute Gasteiger partial charge is 0.465 e. The van der Waals surface area contributed by atoms with E-state index in [1.807, 2.05) is 24.3 Å². The quantitative estimate of drug-likeness (QED) is 0.567. The van der Waals surface area contributed by atoms with Crippen LogP contribution in [0, 0.1) is 0 Å². The maximum Gasteiger partial charge on any atom is 0.407 e. The Morgan fingerprint density at radius 2 is 2.04 bits per heavy atom. The Bertz CT molecular complexity index is 1160. The molecule has 28 heavy (non-hydrogen) atoms. The van der Waals surface area contributed by atoms with Crippen molar-refractivity contribution in [3.05, 3.63) is 41.5 Å². The number of likely N-dealkylation sites (tertiary alicyclic amines) is 1. The van der Waals surface area contributed by atoms with Gasteiger partial charge in [0.25, 0.3) is 5.88 Å². The first-order valence-electron chi connectivity index (χ1n) is 8.89. The van der Waals surface area contributed by atoms with E-state index < -0.39 is 6.09 Å². The molecule has 0 atom stereocenters. The zero-order valence-electron chi connectivity index (χ0n) is 14.7. The summed E-state index contributed by atoms with van der Waals surface area (Å²) in [5, 5.41) is 19.4. The highest BCUT2D eigenvalue weighted by Gasteiger charge is 2.26. The van der Waals surface area contributed by atoms with Crippen molar-refractivity contribution in [1.82, 2.24) is 30.0 Å². The van der Waals surface area contributed by atoms with Crippen LogP contribution in [0.3, 0.4) is 0 Å². The number of fused-ring (bicyclic) bond motifs is 2. The van der Waals surface area contributed by atoms with Crippen LogP contribution >= 0.6 is 11.3 Å². The number of benzene rings is 1. The second kappa shape index (κ2) is 6.71. The lowest BCUT2D eigenvalue weighted by molar-refractivity contribution is 0.132. The van der Waals surface area contributed by atoms with Gasteiger partial charge >= 0.3 is 6.09 Å². The van der Waals surface area contributed by atoms with E-state index in [2.05, 4.69) is 25.7 Å². The van der Waals surface area contributed by atoms with Crippen LogP contribution < -0.4 is 4.84 Å². The monoisotopic (exact) mass is 396 g/mol. The molecule has 10 heteroatoms. The molecule has 5 rings (SSSR count). The average Bonchev–Trinajstić information content (AvgIpc) is 3.33. The Labute approximate surface area is 163 Å². The summed E-state index contributed by atoms with van der Waals surface area (Å²) in [6.45, 7) is 1.08. The van der Waals surface area contributed by atoms with Crippen molar-refractivity contribution in [1.29, 1.82) is 0 Å². The number of hydrogen-bond donors (Lipinski definition) is 1. The molecule has 1 fully saturated rings. The first-order valence-corrected chi connectivity index (χ1v) is 9.77. The zero-order chi connectivity index (χ0) is 19.1. The molecule has 1 N–H and O–H groups in total. The average molecular weight is 396 g/mol. The molecule has 0 aliphatic carbocycles. The molecule has 4 aromatic rings. The fourth-order valence-corrected chi connectivity index (χ4v) is 4.60. The van der Waals surface area contributed by atoms with Crippen molar-refractivity contribution in [3.8, 4) is 5.88 Å². The first-order chi connectivity index (χ1) is 13.7. The number of nitrogens with zero attached hydrogens (tertiary/aromatic N) is 6. The molecule has 0 saturated carbocycles. The highest BCUT2D eigenvalue weighted by Crippen LogP contribution is 2.38. The van der Waals surface area contributed by atoms with Crippen molar-refractivity contribution in [2.24, 2.45) is 0 Å². The van der Waals surface area contributed by atoms with E-state index in [0.717, 1.165) is 39.7 Å². The van der Waals surface area contributed by atoms with E-state index in [-0.39, 0.29) is 5.92 Å². The Balaban J connectivity index is 1.45. The summed E-state index contributed by atoms with van der Waals surface area (Å²) < 4.78 is 0.845. The van der Waals surface area contributed by atoms with Crippen molar-refractivity contribution in [2.75, 3.05) is 13.1 Å². The molecule has 1 aliphatic rings. The van der Waals surface area contributed by atoms with Crippen molar-refractivity contribution in [3.63, 3.8) is 0 Å². The predicted octanol–water partition coefficient (Wildman–Crippen LogP) is 3.14. The number of rotatable bonds is 3. The summed E-state index contributed by atoms with van der Waals surface area (Å²) in [5.74, 6) is 0.708. The van der Waals surface area contributed by atoms with Crippen molar-refractivity contribution >= 4 is 38.7 Å². The molecule has 1 amide bonds. The molecule has 0 bridgehead atoms. The minimum atomic E-state index is -0.855. The van der Waals surface area contributed by atoms with Gasteiger partial charge in [0.1, 0.15) is 22.1 Å². The SMILES string of the molecule is O=C(O)N1CCC(c2csc3c(On4nnc5ccccc54)ncnc23)CC1. The number of hydrogen-bond acceptors (Lipinski definition) is 7. The third-order valence-corrected chi connectivity index (χ3v) is 6.02. The summed E-state index contributed by atoms with van der Waals surface area (Å²) in [6, 6.07) is 7.54. The van der Waals surface area contributed by atoms with Crippen LogP contribution in [0.25, 0.3) is 21.3 Å². The van der Waals surface area contributed by atoms with E-state index in [9.17, 15) is 4.79 Å². The van der Waals surface area contributed by atoms with Crippen molar-refractivity contribution < 1.29 is 14.7 Å². The minimum absolute atomic E-state index is 0.277. The van der Waals surface area contributed by atoms with Gasteiger partial charge in [0, 0.05) is 13.1 Å². The van der Waals surface area contributed by atoms with Crippen LogP contribution in [-0.4, -0.2) is 54.3 Å². The van der Waals surface area contributed by atoms with E-state index >= 15 is 0 Å². The summed E-state index contributed by atoms with van der Waals surface area (Å²) in [5.41, 5.74) is 3.48. The maximum absolute atomic E-state index is 11.1. The predicted molar refractivity (Wildman–Crippen MR) is 103 cm³/mol. The van der Waals surface area contributed by atoms with Gasteiger partial charge in [-0.25, -0.2) is 9.78 Å². The fraction of sp³-hybridized carbons (Fsp3) is 0.278. The molecule has 0 radical (unpaired) electrons. The van der Waals surface area contributed by atoms with E-state index in [1.54, 1.807) is 0 Å². The first kappa shape index (κ1) is 16.9. The third kappa shape index (κ3) is 2.82. The zero-order valence-corrected chi connectivity index (χ0v) is 15.5. The Hall–Kier alpha value is -3.27. The molecule has 0 unspecified atom stereocenters. The highest BCUT2D eigenvalue weighted by atomic mass is 32.1. The number of carboxylic acid groups (broad SMARTS) is 1. The minimum Gasteiger partial charge on any atom is -0.465 e. The maximum atomic E-state index is 11.1. The summed E-state index contributed by atoms with van der Waals surface area (Å²) in [6.07, 6.45) is 2.20. The van der Waals surface area contributed by atoms with Gasteiger partial charge in [0.05, 0.1) is 5.52 Å². The molecule has 3 aromatic heterocycles. The number of para-hydroxylation sites is 1. The van der Waals surface area contributed by atoms with Crippen LogP contribution in [0.5, 0.6) is 5.88 Å². The van der Waals surface area contributed by atoms with Crippen LogP contribution in [0.2, 0.25) is 0 Å². The van der Waals surface area contributed by atoms with Gasteiger partial charge in [-0.2, -0.15) is 4.98 Å². The van der Waals surface area contributed by atoms with Gasteiger partial charge in [0.2, 0.25) is 0 Å². The van der Waals surface area contributed by atoms with Crippen LogP contribution in [0.15, 0.2) is 36.0 Å². The molecule has 1 saturated heterocycles. The number of piperidine rings is 1. The molecule has 0 spiro atoms.